The molecule has 1 unspecified atom stereocenters. The minimum Gasteiger partial charge on any atom is -0.481 e. The maximum Gasteiger partial charge on any atom is 0.308 e. The van der Waals surface area contributed by atoms with Crippen LogP contribution in [0.4, 0.5) is 13.2 Å². The Hall–Kier alpha value is -1.76. The first kappa shape index (κ1) is 16.3. The lowest BCUT2D eigenvalue weighted by Crippen LogP contribution is -2.30. The fourth-order valence-electron chi connectivity index (χ4n) is 2.01. The highest BCUT2D eigenvalue weighted by Gasteiger charge is 2.31. The summed E-state index contributed by atoms with van der Waals surface area (Å²) in [5.74, 6) is -6.94. The summed E-state index contributed by atoms with van der Waals surface area (Å²) in [6, 6.07) is 1.21. The van der Waals surface area contributed by atoms with Crippen LogP contribution in [-0.2, 0) is 4.79 Å². The Labute approximate surface area is 118 Å². The molecule has 0 aliphatic carbocycles. The number of carboxylic acids is 1. The summed E-state index contributed by atoms with van der Waals surface area (Å²) in [6.07, 6.45) is 0.285. The maximum absolute atomic E-state index is 13.0. The van der Waals surface area contributed by atoms with Crippen molar-refractivity contribution < 1.29 is 27.9 Å². The Kier molecular flexibility index (Phi) is 4.99. The minimum atomic E-state index is -1.64. The van der Waals surface area contributed by atoms with Crippen LogP contribution in [0.15, 0.2) is 12.1 Å². The van der Waals surface area contributed by atoms with E-state index in [1.54, 1.807) is 0 Å². The molecule has 110 valence electrons. The first-order valence-corrected chi connectivity index (χ1v) is 5.56. The van der Waals surface area contributed by atoms with Gasteiger partial charge in [0.15, 0.2) is 17.5 Å². The second-order valence-corrected chi connectivity index (χ2v) is 4.33. The number of aliphatic carboxylic acids is 1. The number of rotatable bonds is 2. The van der Waals surface area contributed by atoms with Gasteiger partial charge in [0.25, 0.3) is 5.91 Å². The molecule has 1 aromatic rings. The molecule has 2 rings (SSSR count). The summed E-state index contributed by atoms with van der Waals surface area (Å²) >= 11 is 0. The fourth-order valence-corrected chi connectivity index (χ4v) is 2.01. The zero-order valence-corrected chi connectivity index (χ0v) is 10.9. The normalized spacial score (nSPS) is 17.8. The van der Waals surface area contributed by atoms with Crippen molar-refractivity contribution in [1.82, 2.24) is 4.90 Å². The van der Waals surface area contributed by atoms with Crippen molar-refractivity contribution in [2.75, 3.05) is 13.1 Å². The highest BCUT2D eigenvalue weighted by Crippen LogP contribution is 2.21. The Morgan fingerprint density at radius 3 is 2.20 bits per heavy atom. The lowest BCUT2D eigenvalue weighted by atomic mass is 10.1. The molecule has 1 fully saturated rings. The average Bonchev–Trinajstić information content (AvgIpc) is 2.84. The van der Waals surface area contributed by atoms with Crippen LogP contribution in [0.5, 0.6) is 0 Å². The molecular weight excluding hydrogens is 299 g/mol. The van der Waals surface area contributed by atoms with Gasteiger partial charge in [-0.15, -0.1) is 12.4 Å². The lowest BCUT2D eigenvalue weighted by molar-refractivity contribution is -0.141. The molecule has 20 heavy (non-hydrogen) atoms. The Bertz CT molecular complexity index is 530. The fraction of sp³-hybridized carbons (Fsp3) is 0.333. The van der Waals surface area contributed by atoms with Crippen LogP contribution in [0.25, 0.3) is 0 Å². The zero-order chi connectivity index (χ0) is 14.2. The third kappa shape index (κ3) is 3.04. The molecule has 0 aromatic heterocycles. The summed E-state index contributed by atoms with van der Waals surface area (Å²) in [6.45, 7) is 0.172. The molecule has 1 saturated heterocycles. The Balaban J connectivity index is 0.00000200. The smallest absolute Gasteiger partial charge is 0.308 e. The van der Waals surface area contributed by atoms with Gasteiger partial charge in [-0.3, -0.25) is 9.59 Å². The first-order valence-electron chi connectivity index (χ1n) is 5.56. The van der Waals surface area contributed by atoms with E-state index in [4.69, 9.17) is 5.11 Å². The molecule has 8 heteroatoms. The third-order valence-corrected chi connectivity index (χ3v) is 3.06. The van der Waals surface area contributed by atoms with Crippen LogP contribution in [0.2, 0.25) is 0 Å². The Morgan fingerprint density at radius 1 is 1.20 bits per heavy atom. The number of carboxylic acid groups (broad SMARTS) is 1. The number of halogens is 4. The van der Waals surface area contributed by atoms with Crippen molar-refractivity contribution in [3.63, 3.8) is 0 Å². The van der Waals surface area contributed by atoms with E-state index in [9.17, 15) is 22.8 Å². The molecule has 0 spiro atoms. The average molecular weight is 310 g/mol. The SMILES string of the molecule is Cl.O=C(O)C1CCN(C(=O)c2cc(F)c(F)c(F)c2)C1. The summed E-state index contributed by atoms with van der Waals surface area (Å²) in [5, 5.41) is 8.80. The molecule has 1 N–H and O–H groups in total. The zero-order valence-electron chi connectivity index (χ0n) is 10.1. The van der Waals surface area contributed by atoms with Crippen LogP contribution in [-0.4, -0.2) is 35.0 Å². The Morgan fingerprint density at radius 2 is 1.75 bits per heavy atom. The standard InChI is InChI=1S/C12H10F3NO3.ClH/c13-8-3-7(4-9(14)10(8)15)11(17)16-2-1-6(5-16)12(18)19;/h3-4,6H,1-2,5H2,(H,18,19);1H. The predicted octanol–water partition coefficient (Wildman–Crippen LogP) is 2.07. The van der Waals surface area contributed by atoms with Crippen LogP contribution in [0, 0.1) is 23.4 Å². The summed E-state index contributed by atoms with van der Waals surface area (Å²) in [7, 11) is 0. The summed E-state index contributed by atoms with van der Waals surface area (Å²) in [4.78, 5) is 23.8. The highest BCUT2D eigenvalue weighted by atomic mass is 35.5. The van der Waals surface area contributed by atoms with Gasteiger partial charge in [0.1, 0.15) is 0 Å². The van der Waals surface area contributed by atoms with Crippen molar-refractivity contribution in [3.05, 3.63) is 35.1 Å². The highest BCUT2D eigenvalue weighted by molar-refractivity contribution is 5.94. The number of carbonyl (C=O) groups is 2. The number of amides is 1. The lowest BCUT2D eigenvalue weighted by Gasteiger charge is -2.16. The summed E-state index contributed by atoms with van der Waals surface area (Å²) in [5.41, 5.74) is -0.331. The molecule has 1 aromatic carbocycles. The first-order chi connectivity index (χ1) is 8.90. The van der Waals surface area contributed by atoms with E-state index in [-0.39, 0.29) is 37.5 Å². The second kappa shape index (κ2) is 6.13. The van der Waals surface area contributed by atoms with Crippen LogP contribution in [0.1, 0.15) is 16.8 Å². The van der Waals surface area contributed by atoms with Crippen LogP contribution >= 0.6 is 12.4 Å². The van der Waals surface area contributed by atoms with Gasteiger partial charge in [-0.2, -0.15) is 0 Å². The number of hydrogen-bond donors (Lipinski definition) is 1. The topological polar surface area (TPSA) is 57.6 Å². The second-order valence-electron chi connectivity index (χ2n) is 4.33. The van der Waals surface area contributed by atoms with Gasteiger partial charge in [-0.05, 0) is 18.6 Å². The van der Waals surface area contributed by atoms with Crippen molar-refractivity contribution in [1.29, 1.82) is 0 Å². The van der Waals surface area contributed by atoms with E-state index in [0.717, 1.165) is 0 Å². The van der Waals surface area contributed by atoms with E-state index >= 15 is 0 Å². The molecule has 4 nitrogen and oxygen atoms in total. The van der Waals surface area contributed by atoms with E-state index in [0.29, 0.717) is 12.1 Å². The maximum atomic E-state index is 13.0. The molecule has 1 atom stereocenters. The third-order valence-electron chi connectivity index (χ3n) is 3.06. The number of hydrogen-bond acceptors (Lipinski definition) is 2. The van der Waals surface area contributed by atoms with Crippen molar-refractivity contribution in [2.45, 2.75) is 6.42 Å². The van der Waals surface area contributed by atoms with Crippen molar-refractivity contribution in [3.8, 4) is 0 Å². The number of likely N-dealkylation sites (tertiary alicyclic amines) is 1. The molecular formula is C12H11ClF3NO3. The van der Waals surface area contributed by atoms with Gasteiger partial charge in [-0.25, -0.2) is 13.2 Å². The molecule has 0 saturated carbocycles. The van der Waals surface area contributed by atoms with E-state index < -0.39 is 35.2 Å². The quantitative estimate of drug-likeness (QED) is 0.851. The van der Waals surface area contributed by atoms with E-state index in [2.05, 4.69) is 0 Å². The summed E-state index contributed by atoms with van der Waals surface area (Å²) < 4.78 is 38.8. The van der Waals surface area contributed by atoms with Crippen molar-refractivity contribution >= 4 is 24.3 Å². The molecule has 1 aliphatic rings. The van der Waals surface area contributed by atoms with E-state index in [1.807, 2.05) is 0 Å². The molecule has 1 amide bonds. The molecule has 1 aliphatic heterocycles. The van der Waals surface area contributed by atoms with Gasteiger partial charge >= 0.3 is 5.97 Å². The number of carbonyl (C=O) groups excluding carboxylic acids is 1. The van der Waals surface area contributed by atoms with Crippen LogP contribution < -0.4 is 0 Å². The van der Waals surface area contributed by atoms with E-state index in [1.165, 1.54) is 4.90 Å². The molecule has 1 heterocycles. The van der Waals surface area contributed by atoms with Gasteiger partial charge in [-0.1, -0.05) is 0 Å². The largest absolute Gasteiger partial charge is 0.481 e. The van der Waals surface area contributed by atoms with Crippen molar-refractivity contribution in [2.24, 2.45) is 5.92 Å². The predicted molar refractivity (Wildman–Crippen MR) is 65.2 cm³/mol. The van der Waals surface area contributed by atoms with Crippen LogP contribution in [0.3, 0.4) is 0 Å². The molecule has 0 bridgehead atoms. The minimum absolute atomic E-state index is 0. The van der Waals surface area contributed by atoms with Gasteiger partial charge < -0.3 is 10.0 Å². The molecule has 0 radical (unpaired) electrons. The van der Waals surface area contributed by atoms with Gasteiger partial charge in [0, 0.05) is 18.7 Å². The monoisotopic (exact) mass is 309 g/mol. The number of nitrogens with zero attached hydrogens (tertiary/aromatic N) is 1. The van der Waals surface area contributed by atoms with Gasteiger partial charge in [0.2, 0.25) is 0 Å². The number of benzene rings is 1. The van der Waals surface area contributed by atoms with Gasteiger partial charge in [0.05, 0.1) is 5.92 Å².